The molecule has 13 rings (SSSR count). The molecule has 0 aliphatic carbocycles. The van der Waals surface area contributed by atoms with Gasteiger partial charge in [-0.3, -0.25) is 0 Å². The Hall–Kier alpha value is -8.86. The number of urea groups is 2. The number of carbonyl (C=O) groups excluding carboxylic acids is 2. The van der Waals surface area contributed by atoms with Gasteiger partial charge in [0.2, 0.25) is 0 Å². The second-order valence-electron chi connectivity index (χ2n) is 23.0. The number of morpholine rings is 2. The normalized spacial score (nSPS) is 18.5. The van der Waals surface area contributed by atoms with Crippen LogP contribution in [0.2, 0.25) is 0 Å². The first kappa shape index (κ1) is 60.4. The van der Waals surface area contributed by atoms with Gasteiger partial charge < -0.3 is 49.2 Å². The molecule has 22 nitrogen and oxygen atoms in total. The summed E-state index contributed by atoms with van der Waals surface area (Å²) in [6.45, 7) is 1.06. The van der Waals surface area contributed by atoms with E-state index in [1.165, 1.54) is 12.4 Å². The quantitative estimate of drug-likeness (QED) is 0.0606. The van der Waals surface area contributed by atoms with Crippen molar-refractivity contribution in [3.8, 4) is 34.3 Å². The molecule has 5 saturated heterocycles. The summed E-state index contributed by atoms with van der Waals surface area (Å²) < 4.78 is 110. The summed E-state index contributed by atoms with van der Waals surface area (Å²) in [6, 6.07) is 24.1. The summed E-state index contributed by atoms with van der Waals surface area (Å²) in [4.78, 5) is 58.3. The number of fused-ring (bicyclic) bond motifs is 7. The molecule has 0 radical (unpaired) electrons. The molecule has 2 N–H and O–H groups in total. The van der Waals surface area contributed by atoms with Gasteiger partial charge in [0.15, 0.2) is 22.9 Å². The molecule has 4 atom stereocenters. The molecule has 0 spiro atoms. The van der Waals surface area contributed by atoms with Crippen molar-refractivity contribution in [3.63, 3.8) is 0 Å². The van der Waals surface area contributed by atoms with Crippen molar-refractivity contribution in [1.82, 2.24) is 49.3 Å². The molecule has 4 aromatic heterocycles. The highest BCUT2D eigenvalue weighted by molar-refractivity contribution is 6.13. The summed E-state index contributed by atoms with van der Waals surface area (Å²) in [5, 5.41) is 17.1. The van der Waals surface area contributed by atoms with Crippen LogP contribution in [0, 0.1) is 0 Å². The molecule has 28 heteroatoms. The molecular weight excluding hydrogens is 1170 g/mol. The maximum atomic E-state index is 15.4. The summed E-state index contributed by atoms with van der Waals surface area (Å²) >= 11 is 0. The number of hydrazine groups is 1. The number of alkyl halides is 6. The zero-order chi connectivity index (χ0) is 62.1. The van der Waals surface area contributed by atoms with Gasteiger partial charge in [-0.25, -0.2) is 38.9 Å². The molecule has 4 bridgehead atoms. The third-order valence-corrected chi connectivity index (χ3v) is 15.9. The first-order chi connectivity index (χ1) is 42.8. The van der Waals surface area contributed by atoms with Crippen LogP contribution < -0.4 is 39.9 Å². The monoisotopic (exact) mass is 1230 g/mol. The molecule has 5 aliphatic heterocycles. The van der Waals surface area contributed by atoms with E-state index in [1.807, 2.05) is 42.9 Å². The van der Waals surface area contributed by atoms with Crippen LogP contribution in [0.5, 0.6) is 11.5 Å². The van der Waals surface area contributed by atoms with Crippen LogP contribution in [-0.2, 0) is 22.6 Å². The van der Waals surface area contributed by atoms with Crippen LogP contribution in [0.1, 0.15) is 32.1 Å². The van der Waals surface area contributed by atoms with E-state index in [4.69, 9.17) is 33.9 Å². The lowest BCUT2D eigenvalue weighted by atomic mass is 9.94. The number of anilines is 6. The maximum absolute atomic E-state index is 15.4. The fourth-order valence-corrected chi connectivity index (χ4v) is 11.6. The van der Waals surface area contributed by atoms with Gasteiger partial charge in [0.25, 0.3) is 0 Å². The van der Waals surface area contributed by atoms with Gasteiger partial charge in [-0.05, 0) is 157 Å². The van der Waals surface area contributed by atoms with Crippen molar-refractivity contribution in [2.24, 2.45) is 0 Å². The van der Waals surface area contributed by atoms with E-state index in [-0.39, 0.29) is 58.5 Å². The number of hydrogen-bond acceptors (Lipinski definition) is 16. The Bertz CT molecular complexity index is 3760. The molecular formula is C61H66F6N16O6. The van der Waals surface area contributed by atoms with Crippen LogP contribution in [0.15, 0.2) is 109 Å². The summed E-state index contributed by atoms with van der Waals surface area (Å²) in [5.41, 5.74) is 1.59. The highest BCUT2D eigenvalue weighted by atomic mass is 19.4. The van der Waals surface area contributed by atoms with Crippen LogP contribution in [0.3, 0.4) is 0 Å². The first-order valence-corrected chi connectivity index (χ1v) is 29.3. The number of amides is 4. The smallest absolute Gasteiger partial charge is 0.408 e. The lowest BCUT2D eigenvalue weighted by Crippen LogP contribution is -2.55. The number of benzene rings is 4. The molecule has 4 aromatic carbocycles. The molecule has 468 valence electrons. The Morgan fingerprint density at radius 1 is 0.573 bits per heavy atom. The number of rotatable bonds is 18. The molecule has 0 saturated carbocycles. The fraction of sp³-hybridized carbons (Fsp3) is 0.410. The minimum atomic E-state index is -4.62. The van der Waals surface area contributed by atoms with Gasteiger partial charge >= 0.3 is 24.4 Å². The number of piperidine rings is 2. The second-order valence-corrected chi connectivity index (χ2v) is 23.0. The van der Waals surface area contributed by atoms with Gasteiger partial charge in [0.1, 0.15) is 49.4 Å². The predicted octanol–water partition coefficient (Wildman–Crippen LogP) is 10.1. The second kappa shape index (κ2) is 25.3. The van der Waals surface area contributed by atoms with E-state index in [0.29, 0.717) is 109 Å². The zero-order valence-electron chi connectivity index (χ0n) is 49.3. The van der Waals surface area contributed by atoms with Crippen molar-refractivity contribution in [3.05, 3.63) is 109 Å². The highest BCUT2D eigenvalue weighted by Gasteiger charge is 2.40. The third kappa shape index (κ3) is 13.7. The van der Waals surface area contributed by atoms with Gasteiger partial charge in [0.05, 0.1) is 78.6 Å². The Morgan fingerprint density at radius 3 is 1.45 bits per heavy atom. The number of nitrogens with one attached hydrogen (secondary N) is 2. The number of nitrogens with zero attached hydrogens (tertiary/aromatic N) is 14. The lowest BCUT2D eigenvalue weighted by Gasteiger charge is -2.46. The number of halogens is 6. The maximum Gasteiger partial charge on any atom is 0.408 e. The van der Waals surface area contributed by atoms with Crippen molar-refractivity contribution in [1.29, 1.82) is 0 Å². The van der Waals surface area contributed by atoms with Gasteiger partial charge in [0, 0.05) is 42.1 Å². The van der Waals surface area contributed by atoms with Gasteiger partial charge in [-0.1, -0.05) is 0 Å². The minimum absolute atomic E-state index is 0.0212. The Morgan fingerprint density at radius 2 is 1.03 bits per heavy atom. The average Bonchev–Trinajstić information content (AvgIpc) is 1.78. The number of likely N-dealkylation sites (N-methyl/N-ethyl adjacent to an activating group) is 2. The van der Waals surface area contributed by atoms with Crippen molar-refractivity contribution < 1.29 is 54.9 Å². The standard InChI is InChI=1S/C61H66F6N16O6/c1-76(2)26-28-87-47-21-12-40(13-22-47)70-58(84)82(42-16-8-38(9-17-42)52-72-54(78-32-49-25-20-44(78)35-89-49)50-30-68-79(55(50)73-52)36-60(62,63)64)83(59(85)71-41-14-23-48(24-15-41)88-29-27-77(3)4)43-18-10-39(11-19-43)53-74-56-51(31-69-80(56)37-61(65,66)67)57(75-53)81-45-6-5-7-46(81)34-86-33-45/h8-19,21-24,30-31,44-46,49H,5-7,20,25-29,32-37H2,1-4H3,(H,70,84)(H,71,85). The van der Waals surface area contributed by atoms with Crippen LogP contribution in [-0.4, -0.2) is 179 Å². The van der Waals surface area contributed by atoms with Crippen molar-refractivity contribution in [2.75, 3.05) is 111 Å². The van der Waals surface area contributed by atoms with Crippen LogP contribution in [0.4, 0.5) is 70.3 Å². The number of carbonyl (C=O) groups is 2. The van der Waals surface area contributed by atoms with Crippen LogP contribution >= 0.6 is 0 Å². The number of ether oxygens (including phenoxy) is 4. The Kier molecular flexibility index (Phi) is 17.2. The van der Waals surface area contributed by atoms with Crippen LogP contribution in [0.25, 0.3) is 44.8 Å². The Labute approximate surface area is 507 Å². The molecule has 89 heavy (non-hydrogen) atoms. The largest absolute Gasteiger partial charge is 0.492 e. The van der Waals surface area contributed by atoms with Crippen molar-refractivity contribution in [2.45, 2.75) is 81.8 Å². The minimum Gasteiger partial charge on any atom is -0.492 e. The number of hydrogen-bond donors (Lipinski definition) is 2. The zero-order valence-corrected chi connectivity index (χ0v) is 49.3. The van der Waals surface area contributed by atoms with Gasteiger partial charge in [-0.2, -0.15) is 46.6 Å². The number of aromatic nitrogens is 8. The highest BCUT2D eigenvalue weighted by Crippen LogP contribution is 2.40. The molecule has 5 aliphatic rings. The fourth-order valence-electron chi connectivity index (χ4n) is 11.6. The molecule has 4 unspecified atom stereocenters. The van der Waals surface area contributed by atoms with Gasteiger partial charge in [-0.15, -0.1) is 0 Å². The van der Waals surface area contributed by atoms with Crippen molar-refractivity contribution >= 4 is 68.5 Å². The van der Waals surface area contributed by atoms with E-state index in [2.05, 4.69) is 30.7 Å². The Balaban J connectivity index is 0.955. The summed E-state index contributed by atoms with van der Waals surface area (Å²) in [5.74, 6) is 2.10. The molecule has 9 heterocycles. The van der Waals surface area contributed by atoms with E-state index in [1.54, 1.807) is 97.1 Å². The molecule has 8 aromatic rings. The predicted molar refractivity (Wildman–Crippen MR) is 322 cm³/mol. The van der Waals surface area contributed by atoms with E-state index >= 15 is 9.59 Å². The summed E-state index contributed by atoms with van der Waals surface area (Å²) in [7, 11) is 7.71. The molecule has 4 amide bonds. The van der Waals surface area contributed by atoms with E-state index in [9.17, 15) is 26.3 Å². The first-order valence-electron chi connectivity index (χ1n) is 29.3. The van der Waals surface area contributed by atoms with E-state index < -0.39 is 37.5 Å². The average molecular weight is 1230 g/mol. The topological polar surface area (TPSA) is 202 Å². The van der Waals surface area contributed by atoms with E-state index in [0.717, 1.165) is 51.5 Å². The summed E-state index contributed by atoms with van der Waals surface area (Å²) in [6.07, 6.45) is -2.45. The third-order valence-electron chi connectivity index (χ3n) is 15.9. The lowest BCUT2D eigenvalue weighted by molar-refractivity contribution is -0.142. The SMILES string of the molecule is CN(C)CCOc1ccc(NC(=O)N(c2ccc(-c3nc(N4CC5CCC4CO5)c4cnn(CC(F)(F)F)c4n3)cc2)N(C(=O)Nc2ccc(OCCN(C)C)cc2)c2ccc(-c3nc(N4C5CCCC4COC5)c4cnn(CC(F)(F)F)c4n3)cc2)cc1. The molecule has 5 fully saturated rings.